The van der Waals surface area contributed by atoms with Gasteiger partial charge in [0.05, 0.1) is 0 Å². The van der Waals surface area contributed by atoms with Crippen LogP contribution in [0.5, 0.6) is 0 Å². The van der Waals surface area contributed by atoms with Gasteiger partial charge in [-0.25, -0.2) is 0 Å². The summed E-state index contributed by atoms with van der Waals surface area (Å²) in [6.45, 7) is 6.36. The molecule has 3 fully saturated rings. The second-order valence-corrected chi connectivity index (χ2v) is 6.98. The van der Waals surface area contributed by atoms with Crippen molar-refractivity contribution in [2.24, 2.45) is 11.8 Å². The Balaban J connectivity index is 1.50. The molecule has 18 heavy (non-hydrogen) atoms. The van der Waals surface area contributed by atoms with E-state index in [1.165, 1.54) is 71.0 Å². The number of nitrogens with zero attached hydrogens (tertiary/aromatic N) is 1. The lowest BCUT2D eigenvalue weighted by Crippen LogP contribution is -2.54. The highest BCUT2D eigenvalue weighted by molar-refractivity contribution is 4.90. The van der Waals surface area contributed by atoms with Crippen molar-refractivity contribution >= 4 is 0 Å². The first kappa shape index (κ1) is 12.9. The topological polar surface area (TPSA) is 15.3 Å². The monoisotopic (exact) mass is 250 g/mol. The number of rotatable bonds is 6. The summed E-state index contributed by atoms with van der Waals surface area (Å²) < 4.78 is 0. The van der Waals surface area contributed by atoms with Gasteiger partial charge in [0.15, 0.2) is 0 Å². The highest BCUT2D eigenvalue weighted by Crippen LogP contribution is 2.32. The van der Waals surface area contributed by atoms with E-state index < -0.39 is 0 Å². The van der Waals surface area contributed by atoms with Gasteiger partial charge in [-0.2, -0.15) is 0 Å². The Labute approximate surface area is 113 Å². The summed E-state index contributed by atoms with van der Waals surface area (Å²) in [7, 11) is 0. The largest absolute Gasteiger partial charge is 0.312 e. The molecule has 2 heteroatoms. The summed E-state index contributed by atoms with van der Waals surface area (Å²) in [6.07, 6.45) is 11.6. The fourth-order valence-electron chi connectivity index (χ4n) is 3.71. The van der Waals surface area contributed by atoms with E-state index >= 15 is 0 Å². The zero-order valence-corrected chi connectivity index (χ0v) is 12.0. The van der Waals surface area contributed by atoms with Gasteiger partial charge in [0.2, 0.25) is 0 Å². The summed E-state index contributed by atoms with van der Waals surface area (Å²) in [5, 5.41) is 3.86. The highest BCUT2D eigenvalue weighted by Gasteiger charge is 2.33. The lowest BCUT2D eigenvalue weighted by atomic mass is 9.85. The predicted octanol–water partition coefficient (Wildman–Crippen LogP) is 3.03. The van der Waals surface area contributed by atoms with Crippen molar-refractivity contribution < 1.29 is 0 Å². The molecule has 1 N–H and O–H groups in total. The van der Waals surface area contributed by atoms with Crippen LogP contribution < -0.4 is 5.32 Å². The molecule has 1 saturated heterocycles. The lowest BCUT2D eigenvalue weighted by Gasteiger charge is -2.45. The summed E-state index contributed by atoms with van der Waals surface area (Å²) in [6, 6.07) is 1.73. The van der Waals surface area contributed by atoms with E-state index in [0.717, 1.165) is 23.9 Å². The first-order chi connectivity index (χ1) is 8.85. The minimum atomic E-state index is 0.788. The molecule has 1 heterocycles. The van der Waals surface area contributed by atoms with Crippen molar-refractivity contribution in [3.63, 3.8) is 0 Å². The highest BCUT2D eigenvalue weighted by atomic mass is 15.2. The summed E-state index contributed by atoms with van der Waals surface area (Å²) in [5.74, 6) is 1.98. The molecule has 0 aromatic rings. The van der Waals surface area contributed by atoms with E-state index in [0.29, 0.717) is 0 Å². The van der Waals surface area contributed by atoms with Gasteiger partial charge < -0.3 is 5.32 Å². The second-order valence-electron chi connectivity index (χ2n) is 6.98. The van der Waals surface area contributed by atoms with Crippen molar-refractivity contribution in [3.8, 4) is 0 Å². The van der Waals surface area contributed by atoms with E-state index in [2.05, 4.69) is 17.1 Å². The molecular formula is C16H30N2. The van der Waals surface area contributed by atoms with Crippen LogP contribution in [0.15, 0.2) is 0 Å². The van der Waals surface area contributed by atoms with Gasteiger partial charge in [-0.05, 0) is 56.9 Å². The quantitative estimate of drug-likeness (QED) is 0.779. The van der Waals surface area contributed by atoms with Gasteiger partial charge in [-0.1, -0.05) is 19.8 Å². The number of hydrogen-bond acceptors (Lipinski definition) is 2. The van der Waals surface area contributed by atoms with E-state index in [-0.39, 0.29) is 0 Å². The Morgan fingerprint density at radius 2 is 1.89 bits per heavy atom. The average Bonchev–Trinajstić information content (AvgIpc) is 3.08. The molecular weight excluding hydrogens is 220 g/mol. The van der Waals surface area contributed by atoms with Gasteiger partial charge in [0.1, 0.15) is 0 Å². The maximum absolute atomic E-state index is 3.86. The molecule has 0 spiro atoms. The van der Waals surface area contributed by atoms with Gasteiger partial charge in [-0.15, -0.1) is 0 Å². The van der Waals surface area contributed by atoms with Crippen LogP contribution in [0.25, 0.3) is 0 Å². The molecule has 104 valence electrons. The smallest absolute Gasteiger partial charge is 0.0198 e. The molecule has 0 amide bonds. The molecule has 0 aromatic heterocycles. The molecule has 2 unspecified atom stereocenters. The number of nitrogens with one attached hydrogen (secondary N) is 1. The van der Waals surface area contributed by atoms with Crippen LogP contribution in [0.2, 0.25) is 0 Å². The molecule has 0 aromatic carbocycles. The summed E-state index contributed by atoms with van der Waals surface area (Å²) in [5.41, 5.74) is 0. The minimum Gasteiger partial charge on any atom is -0.312 e. The molecule has 0 bridgehead atoms. The first-order valence-corrected chi connectivity index (χ1v) is 8.32. The van der Waals surface area contributed by atoms with Crippen LogP contribution >= 0.6 is 0 Å². The molecule has 3 aliphatic rings. The number of likely N-dealkylation sites (tertiary alicyclic amines) is 1. The Bertz CT molecular complexity index is 258. The van der Waals surface area contributed by atoms with Crippen molar-refractivity contribution in [2.45, 2.75) is 70.4 Å². The first-order valence-electron chi connectivity index (χ1n) is 8.32. The zero-order valence-electron chi connectivity index (χ0n) is 12.0. The van der Waals surface area contributed by atoms with Crippen molar-refractivity contribution in [3.05, 3.63) is 0 Å². The normalized spacial score (nSPS) is 34.5. The molecule has 3 rings (SSSR count). The number of hydrogen-bond donors (Lipinski definition) is 1. The van der Waals surface area contributed by atoms with Crippen LogP contribution in [-0.2, 0) is 0 Å². The zero-order chi connectivity index (χ0) is 12.4. The Hall–Kier alpha value is -0.0800. The number of piperidine rings is 1. The molecule has 0 radical (unpaired) electrons. The maximum Gasteiger partial charge on any atom is 0.0198 e. The molecule has 2 atom stereocenters. The third-order valence-electron chi connectivity index (χ3n) is 5.25. The van der Waals surface area contributed by atoms with Crippen LogP contribution in [0.1, 0.15) is 58.3 Å². The molecule has 1 aliphatic heterocycles. The van der Waals surface area contributed by atoms with E-state index in [9.17, 15) is 0 Å². The van der Waals surface area contributed by atoms with Crippen molar-refractivity contribution in [1.82, 2.24) is 10.2 Å². The summed E-state index contributed by atoms with van der Waals surface area (Å²) >= 11 is 0. The third kappa shape index (κ3) is 3.27. The Kier molecular flexibility index (Phi) is 4.25. The summed E-state index contributed by atoms with van der Waals surface area (Å²) in [4.78, 5) is 2.82. The van der Waals surface area contributed by atoms with Gasteiger partial charge in [0.25, 0.3) is 0 Å². The third-order valence-corrected chi connectivity index (χ3v) is 5.25. The minimum absolute atomic E-state index is 0.788. The molecule has 2 saturated carbocycles. The van der Waals surface area contributed by atoms with Crippen molar-refractivity contribution in [1.29, 1.82) is 0 Å². The SMILES string of the molecule is CCCC1CC(NCC2CC2)CN(C2CCC2)C1. The standard InChI is InChI=1S/C16H30N2/c1-2-4-14-9-15(17-10-13-7-8-13)12-18(11-14)16-5-3-6-16/h13-17H,2-12H2,1H3. The van der Waals surface area contributed by atoms with Crippen LogP contribution in [0.3, 0.4) is 0 Å². The lowest BCUT2D eigenvalue weighted by molar-refractivity contribution is 0.0558. The van der Waals surface area contributed by atoms with Crippen molar-refractivity contribution in [2.75, 3.05) is 19.6 Å². The van der Waals surface area contributed by atoms with Crippen LogP contribution in [0.4, 0.5) is 0 Å². The molecule has 2 aliphatic carbocycles. The maximum atomic E-state index is 3.86. The average molecular weight is 250 g/mol. The van der Waals surface area contributed by atoms with E-state index in [1.54, 1.807) is 0 Å². The molecule has 2 nitrogen and oxygen atoms in total. The predicted molar refractivity (Wildman–Crippen MR) is 76.7 cm³/mol. The van der Waals surface area contributed by atoms with E-state index in [1.807, 2.05) is 0 Å². The second kappa shape index (κ2) is 5.92. The Morgan fingerprint density at radius 1 is 1.06 bits per heavy atom. The van der Waals surface area contributed by atoms with Crippen LogP contribution in [-0.4, -0.2) is 36.6 Å². The fraction of sp³-hybridized carbons (Fsp3) is 1.00. The van der Waals surface area contributed by atoms with Gasteiger partial charge in [0, 0.05) is 25.2 Å². The Morgan fingerprint density at radius 3 is 2.50 bits per heavy atom. The van der Waals surface area contributed by atoms with Crippen LogP contribution in [0, 0.1) is 11.8 Å². The fourth-order valence-corrected chi connectivity index (χ4v) is 3.71. The van der Waals surface area contributed by atoms with Gasteiger partial charge in [-0.3, -0.25) is 4.90 Å². The van der Waals surface area contributed by atoms with Gasteiger partial charge >= 0.3 is 0 Å². The van der Waals surface area contributed by atoms with E-state index in [4.69, 9.17) is 0 Å².